The summed E-state index contributed by atoms with van der Waals surface area (Å²) < 4.78 is 52.2. The maximum absolute atomic E-state index is 13.8. The number of amides is 2. The lowest BCUT2D eigenvalue weighted by molar-refractivity contribution is -0.143. The number of carbonyl (C=O) groups is 2. The third kappa shape index (κ3) is 9.29. The summed E-state index contributed by atoms with van der Waals surface area (Å²) in [6, 6.07) is 25.9. The summed E-state index contributed by atoms with van der Waals surface area (Å²) >= 11 is 0. The summed E-state index contributed by atoms with van der Waals surface area (Å²) in [7, 11) is -2.38. The van der Waals surface area contributed by atoms with Crippen LogP contribution in [-0.2, 0) is 26.2 Å². The first kappa shape index (κ1) is 33.0. The first-order chi connectivity index (χ1) is 21.7. The Morgan fingerprint density at radius 1 is 0.867 bits per heavy atom. The molecule has 0 heterocycles. The Bertz CT molecular complexity index is 1650. The van der Waals surface area contributed by atoms with Gasteiger partial charge in [0.2, 0.25) is 5.91 Å². The molecule has 4 aromatic carbocycles. The van der Waals surface area contributed by atoms with E-state index in [1.807, 2.05) is 37.3 Å². The zero-order valence-corrected chi connectivity index (χ0v) is 25.9. The smallest absolute Gasteiger partial charge is 0.261 e. The number of benzene rings is 4. The molecule has 0 fully saturated rings. The average molecular weight is 634 g/mol. The van der Waals surface area contributed by atoms with E-state index in [1.54, 1.807) is 31.4 Å². The Hall–Kier alpha value is -4.90. The van der Waals surface area contributed by atoms with Gasteiger partial charge in [-0.25, -0.2) is 12.8 Å². The minimum Gasteiger partial charge on any atom is -0.497 e. The van der Waals surface area contributed by atoms with E-state index < -0.39 is 34.4 Å². The lowest BCUT2D eigenvalue weighted by atomic mass is 10.0. The van der Waals surface area contributed by atoms with Gasteiger partial charge < -0.3 is 19.7 Å². The molecule has 0 aromatic heterocycles. The van der Waals surface area contributed by atoms with Crippen LogP contribution in [0.4, 0.5) is 10.1 Å². The Balaban J connectivity index is 1.54. The summed E-state index contributed by atoms with van der Waals surface area (Å²) in [5, 5.41) is 2.96. The minimum absolute atomic E-state index is 0.0421. The number of nitrogens with zero attached hydrogens (tertiary/aromatic N) is 1. The number of ether oxygens (including phenoxy) is 2. The second kappa shape index (κ2) is 15.7. The highest BCUT2D eigenvalue weighted by molar-refractivity contribution is 7.92. The zero-order valence-electron chi connectivity index (χ0n) is 25.1. The highest BCUT2D eigenvalue weighted by atomic mass is 32.2. The maximum atomic E-state index is 13.8. The van der Waals surface area contributed by atoms with E-state index in [-0.39, 0.29) is 28.8 Å². The predicted octanol–water partition coefficient (Wildman–Crippen LogP) is 5.70. The van der Waals surface area contributed by atoms with Crippen LogP contribution in [0.1, 0.15) is 36.9 Å². The molecule has 2 N–H and O–H groups in total. The Morgan fingerprint density at radius 2 is 1.51 bits per heavy atom. The van der Waals surface area contributed by atoms with Gasteiger partial charge in [0.05, 0.1) is 12.0 Å². The fourth-order valence-electron chi connectivity index (χ4n) is 4.52. The second-order valence-electron chi connectivity index (χ2n) is 10.2. The fourth-order valence-corrected chi connectivity index (χ4v) is 5.58. The average Bonchev–Trinajstić information content (AvgIpc) is 3.05. The van der Waals surface area contributed by atoms with Gasteiger partial charge in [-0.3, -0.25) is 14.3 Å². The van der Waals surface area contributed by atoms with E-state index >= 15 is 0 Å². The summed E-state index contributed by atoms with van der Waals surface area (Å²) in [6.45, 7) is 2.23. The SMILES string of the molecule is CCCCNC(=O)[C@H](c1ccccc1)N(Cc1ccc(OC)cc1)C(=O)COc1ccc(S(=O)(=O)Nc2ccc(F)cc2)cc1. The molecule has 0 radical (unpaired) electrons. The molecule has 2 amide bonds. The molecule has 0 unspecified atom stereocenters. The molecule has 45 heavy (non-hydrogen) atoms. The van der Waals surface area contributed by atoms with Crippen LogP contribution in [0, 0.1) is 5.82 Å². The molecule has 0 aliphatic rings. The number of anilines is 1. The number of unbranched alkanes of at least 4 members (excludes halogenated alkanes) is 1. The lowest BCUT2D eigenvalue weighted by Gasteiger charge is -2.31. The van der Waals surface area contributed by atoms with Crippen molar-refractivity contribution >= 4 is 27.5 Å². The van der Waals surface area contributed by atoms with E-state index in [0.717, 1.165) is 30.5 Å². The van der Waals surface area contributed by atoms with Crippen LogP contribution in [0.15, 0.2) is 108 Å². The van der Waals surface area contributed by atoms with Crippen LogP contribution in [0.3, 0.4) is 0 Å². The third-order valence-corrected chi connectivity index (χ3v) is 8.33. The number of methoxy groups -OCH3 is 1. The van der Waals surface area contributed by atoms with Gasteiger partial charge >= 0.3 is 0 Å². The van der Waals surface area contributed by atoms with Crippen molar-refractivity contribution < 1.29 is 31.9 Å². The molecular formula is C34H36FN3O6S. The van der Waals surface area contributed by atoms with Gasteiger partial charge in [-0.2, -0.15) is 0 Å². The molecule has 0 spiro atoms. The predicted molar refractivity (Wildman–Crippen MR) is 170 cm³/mol. The molecule has 11 heteroatoms. The summed E-state index contributed by atoms with van der Waals surface area (Å²) in [6.07, 6.45) is 1.70. The highest BCUT2D eigenvalue weighted by Crippen LogP contribution is 2.26. The number of nitrogens with one attached hydrogen (secondary N) is 2. The van der Waals surface area contributed by atoms with Crippen molar-refractivity contribution in [2.45, 2.75) is 37.2 Å². The van der Waals surface area contributed by atoms with Crippen molar-refractivity contribution in [2.24, 2.45) is 0 Å². The maximum Gasteiger partial charge on any atom is 0.261 e. The number of rotatable bonds is 15. The van der Waals surface area contributed by atoms with Crippen LogP contribution in [0.25, 0.3) is 0 Å². The van der Waals surface area contributed by atoms with Gasteiger partial charge in [-0.1, -0.05) is 55.8 Å². The molecular weight excluding hydrogens is 597 g/mol. The van der Waals surface area contributed by atoms with E-state index in [0.29, 0.717) is 17.9 Å². The lowest BCUT2D eigenvalue weighted by Crippen LogP contribution is -2.45. The fraction of sp³-hybridized carbons (Fsp3) is 0.235. The molecule has 0 saturated carbocycles. The number of carbonyl (C=O) groups excluding carboxylic acids is 2. The van der Waals surface area contributed by atoms with Crippen molar-refractivity contribution in [1.29, 1.82) is 0 Å². The van der Waals surface area contributed by atoms with Gasteiger partial charge in [0.15, 0.2) is 6.61 Å². The van der Waals surface area contributed by atoms with Crippen molar-refractivity contribution in [2.75, 3.05) is 25.0 Å². The van der Waals surface area contributed by atoms with Gasteiger partial charge in [-0.05, 0) is 78.2 Å². The van der Waals surface area contributed by atoms with Gasteiger partial charge in [0, 0.05) is 18.8 Å². The second-order valence-corrected chi connectivity index (χ2v) is 11.9. The molecule has 9 nitrogen and oxygen atoms in total. The molecule has 4 rings (SSSR count). The quantitative estimate of drug-likeness (QED) is 0.162. The number of sulfonamides is 1. The van der Waals surface area contributed by atoms with Crippen LogP contribution in [0.2, 0.25) is 0 Å². The number of hydrogen-bond acceptors (Lipinski definition) is 6. The Kier molecular flexibility index (Phi) is 11.5. The van der Waals surface area contributed by atoms with Gasteiger partial charge in [0.1, 0.15) is 23.4 Å². The summed E-state index contributed by atoms with van der Waals surface area (Å²) in [5.74, 6) is -0.309. The summed E-state index contributed by atoms with van der Waals surface area (Å²) in [5.41, 5.74) is 1.65. The first-order valence-electron chi connectivity index (χ1n) is 14.5. The highest BCUT2D eigenvalue weighted by Gasteiger charge is 2.31. The van der Waals surface area contributed by atoms with Crippen molar-refractivity contribution in [1.82, 2.24) is 10.2 Å². The molecule has 236 valence electrons. The van der Waals surface area contributed by atoms with E-state index in [9.17, 15) is 22.4 Å². The molecule has 0 aliphatic carbocycles. The van der Waals surface area contributed by atoms with Crippen molar-refractivity contribution in [3.05, 3.63) is 120 Å². The molecule has 0 saturated heterocycles. The molecule has 0 bridgehead atoms. The van der Waals surface area contributed by atoms with Crippen LogP contribution < -0.4 is 19.5 Å². The van der Waals surface area contributed by atoms with E-state index in [4.69, 9.17) is 9.47 Å². The van der Waals surface area contributed by atoms with Crippen LogP contribution in [0.5, 0.6) is 11.5 Å². The normalized spacial score (nSPS) is 11.7. The topological polar surface area (TPSA) is 114 Å². The first-order valence-corrected chi connectivity index (χ1v) is 15.9. The molecule has 1 atom stereocenters. The van der Waals surface area contributed by atoms with Crippen molar-refractivity contribution in [3.63, 3.8) is 0 Å². The monoisotopic (exact) mass is 633 g/mol. The Morgan fingerprint density at radius 3 is 2.13 bits per heavy atom. The van der Waals surface area contributed by atoms with Gasteiger partial charge in [-0.15, -0.1) is 0 Å². The van der Waals surface area contributed by atoms with E-state index in [2.05, 4.69) is 10.0 Å². The number of hydrogen-bond donors (Lipinski definition) is 2. The van der Waals surface area contributed by atoms with Crippen LogP contribution in [-0.4, -0.2) is 45.4 Å². The number of halogens is 1. The molecule has 4 aromatic rings. The van der Waals surface area contributed by atoms with E-state index in [1.165, 1.54) is 41.3 Å². The zero-order chi connectivity index (χ0) is 32.2. The van der Waals surface area contributed by atoms with Gasteiger partial charge in [0.25, 0.3) is 15.9 Å². The minimum atomic E-state index is -3.95. The van der Waals surface area contributed by atoms with Crippen LogP contribution >= 0.6 is 0 Å². The largest absolute Gasteiger partial charge is 0.497 e. The standard InChI is InChI=1S/C34H36FN3O6S/c1-3-4-22-36-34(40)33(26-8-6-5-7-9-26)38(23-25-10-16-29(43-2)17-11-25)32(39)24-44-30-18-20-31(21-19-30)45(41,42)37-28-14-12-27(35)13-15-28/h5-21,33,37H,3-4,22-24H2,1-2H3,(H,36,40)/t33-/m0/s1. The van der Waals surface area contributed by atoms with Crippen molar-refractivity contribution in [3.8, 4) is 11.5 Å². The third-order valence-electron chi connectivity index (χ3n) is 6.93. The Labute approximate surface area is 263 Å². The molecule has 0 aliphatic heterocycles. The summed E-state index contributed by atoms with van der Waals surface area (Å²) in [4.78, 5) is 28.8.